The van der Waals surface area contributed by atoms with Crippen molar-refractivity contribution < 1.29 is 14.3 Å². The maximum absolute atomic E-state index is 12.6. The van der Waals surface area contributed by atoms with Crippen molar-refractivity contribution in [3.05, 3.63) is 69.7 Å². The summed E-state index contributed by atoms with van der Waals surface area (Å²) in [7, 11) is 0. The van der Waals surface area contributed by atoms with Gasteiger partial charge in [0, 0.05) is 17.0 Å². The summed E-state index contributed by atoms with van der Waals surface area (Å²) in [5, 5.41) is 3.66. The number of alkyl carbamates (subject to hydrolysis) is 1. The van der Waals surface area contributed by atoms with Crippen LogP contribution in [0.15, 0.2) is 48.5 Å². The molecule has 1 amide bonds. The number of carbonyl (C=O) groups is 2. The Morgan fingerprint density at radius 2 is 1.75 bits per heavy atom. The van der Waals surface area contributed by atoms with Gasteiger partial charge in [-0.2, -0.15) is 0 Å². The molecule has 0 heterocycles. The summed E-state index contributed by atoms with van der Waals surface area (Å²) < 4.78 is 4.92. The highest BCUT2D eigenvalue weighted by molar-refractivity contribution is 6.34. The van der Waals surface area contributed by atoms with Gasteiger partial charge in [-0.3, -0.25) is 4.79 Å². The number of carbonyl (C=O) groups excluding carboxylic acids is 2. The minimum absolute atomic E-state index is 0.0597. The highest BCUT2D eigenvalue weighted by Gasteiger charge is 2.21. The smallest absolute Gasteiger partial charge is 0.407 e. The second-order valence-electron chi connectivity index (χ2n) is 5.08. The van der Waals surface area contributed by atoms with E-state index in [-0.39, 0.29) is 18.8 Å². The van der Waals surface area contributed by atoms with Crippen LogP contribution >= 0.6 is 23.2 Å². The van der Waals surface area contributed by atoms with E-state index in [1.165, 1.54) is 0 Å². The summed E-state index contributed by atoms with van der Waals surface area (Å²) in [6.07, 6.45) is -0.520. The molecule has 6 heteroatoms. The summed E-state index contributed by atoms with van der Waals surface area (Å²) in [6, 6.07) is 13.2. The Balaban J connectivity index is 2.22. The van der Waals surface area contributed by atoms with E-state index in [9.17, 15) is 9.59 Å². The zero-order chi connectivity index (χ0) is 17.5. The number of ketones is 1. The fourth-order valence-corrected chi connectivity index (χ4v) is 2.61. The lowest BCUT2D eigenvalue weighted by Gasteiger charge is -2.18. The molecule has 0 fully saturated rings. The monoisotopic (exact) mass is 365 g/mol. The van der Waals surface area contributed by atoms with Crippen molar-refractivity contribution in [1.82, 2.24) is 5.32 Å². The number of rotatable bonds is 6. The maximum atomic E-state index is 12.6. The first-order valence-corrected chi connectivity index (χ1v) is 8.23. The zero-order valence-electron chi connectivity index (χ0n) is 13.1. The third kappa shape index (κ3) is 4.98. The van der Waals surface area contributed by atoms with Gasteiger partial charge >= 0.3 is 6.09 Å². The third-order valence-electron chi connectivity index (χ3n) is 3.40. The molecule has 126 valence electrons. The van der Waals surface area contributed by atoms with E-state index in [1.54, 1.807) is 55.5 Å². The van der Waals surface area contributed by atoms with Crippen molar-refractivity contribution in [2.45, 2.75) is 19.4 Å². The van der Waals surface area contributed by atoms with Crippen molar-refractivity contribution in [3.8, 4) is 0 Å². The molecular formula is C18H17Cl2NO3. The Morgan fingerprint density at radius 3 is 2.38 bits per heavy atom. The van der Waals surface area contributed by atoms with E-state index in [2.05, 4.69) is 5.32 Å². The topological polar surface area (TPSA) is 55.4 Å². The Hall–Kier alpha value is -2.04. The summed E-state index contributed by atoms with van der Waals surface area (Å²) in [5.74, 6) is -0.169. The molecule has 2 rings (SSSR count). The van der Waals surface area contributed by atoms with Gasteiger partial charge < -0.3 is 10.1 Å². The fraction of sp³-hybridized carbons (Fsp3) is 0.222. The van der Waals surface area contributed by atoms with Gasteiger partial charge in [-0.05, 0) is 36.8 Å². The van der Waals surface area contributed by atoms with Crippen LogP contribution in [-0.2, 0) is 4.74 Å². The molecule has 0 aliphatic carbocycles. The van der Waals surface area contributed by atoms with E-state index in [0.29, 0.717) is 15.6 Å². The second-order valence-corrected chi connectivity index (χ2v) is 5.92. The van der Waals surface area contributed by atoms with Gasteiger partial charge in [0.1, 0.15) is 0 Å². The van der Waals surface area contributed by atoms with Crippen LogP contribution in [0.25, 0.3) is 0 Å². The number of Topliss-reactive ketones (excluding diaryl/α,β-unsaturated/α-hetero) is 1. The standard InChI is InChI=1S/C18H17Cl2NO3/c1-2-24-18(23)21-16(12-7-9-13(19)10-8-12)11-17(22)14-5-3-4-6-15(14)20/h3-10,16H,2,11H2,1H3,(H,21,23). The summed E-state index contributed by atoms with van der Waals surface area (Å²) in [4.78, 5) is 24.3. The van der Waals surface area contributed by atoms with Crippen LogP contribution in [0, 0.1) is 0 Å². The molecule has 2 aromatic rings. The zero-order valence-corrected chi connectivity index (χ0v) is 14.6. The molecule has 1 N–H and O–H groups in total. The number of hydrogen-bond donors (Lipinski definition) is 1. The van der Waals surface area contributed by atoms with Crippen molar-refractivity contribution in [2.24, 2.45) is 0 Å². The maximum Gasteiger partial charge on any atom is 0.407 e. The van der Waals surface area contributed by atoms with Gasteiger partial charge in [-0.15, -0.1) is 0 Å². The lowest BCUT2D eigenvalue weighted by molar-refractivity contribution is 0.0965. The van der Waals surface area contributed by atoms with E-state index in [4.69, 9.17) is 27.9 Å². The highest BCUT2D eigenvalue weighted by atomic mass is 35.5. The van der Waals surface area contributed by atoms with Gasteiger partial charge in [0.2, 0.25) is 0 Å². The molecule has 0 aromatic heterocycles. The Bertz CT molecular complexity index is 716. The molecule has 0 radical (unpaired) electrons. The average molecular weight is 366 g/mol. The third-order valence-corrected chi connectivity index (χ3v) is 3.99. The quantitative estimate of drug-likeness (QED) is 0.728. The molecule has 4 nitrogen and oxygen atoms in total. The van der Waals surface area contributed by atoms with Crippen molar-refractivity contribution in [2.75, 3.05) is 6.61 Å². The minimum atomic E-state index is -0.579. The fourth-order valence-electron chi connectivity index (χ4n) is 2.25. The first-order chi connectivity index (χ1) is 11.5. The molecule has 2 aromatic carbocycles. The lowest BCUT2D eigenvalue weighted by Crippen LogP contribution is -2.30. The van der Waals surface area contributed by atoms with Gasteiger partial charge in [0.25, 0.3) is 0 Å². The van der Waals surface area contributed by atoms with Crippen molar-refractivity contribution in [3.63, 3.8) is 0 Å². The molecule has 0 bridgehead atoms. The molecule has 0 saturated carbocycles. The minimum Gasteiger partial charge on any atom is -0.450 e. The van der Waals surface area contributed by atoms with E-state index >= 15 is 0 Å². The Morgan fingerprint density at radius 1 is 1.08 bits per heavy atom. The second kappa shape index (κ2) is 8.71. The molecule has 24 heavy (non-hydrogen) atoms. The highest BCUT2D eigenvalue weighted by Crippen LogP contribution is 2.24. The van der Waals surface area contributed by atoms with E-state index in [1.807, 2.05) is 0 Å². The number of hydrogen-bond acceptors (Lipinski definition) is 3. The van der Waals surface area contributed by atoms with Gasteiger partial charge in [-0.25, -0.2) is 4.79 Å². The average Bonchev–Trinajstić information content (AvgIpc) is 2.55. The number of ether oxygens (including phenoxy) is 1. The van der Waals surface area contributed by atoms with Crippen molar-refractivity contribution in [1.29, 1.82) is 0 Å². The number of benzene rings is 2. The molecule has 1 atom stereocenters. The summed E-state index contributed by atoms with van der Waals surface area (Å²) in [5.41, 5.74) is 1.18. The Kier molecular flexibility index (Phi) is 6.64. The first-order valence-electron chi connectivity index (χ1n) is 7.47. The van der Waals surface area contributed by atoms with Crippen molar-refractivity contribution >= 4 is 35.1 Å². The molecule has 0 aliphatic heterocycles. The van der Waals surface area contributed by atoms with Crippen LogP contribution < -0.4 is 5.32 Å². The molecule has 0 spiro atoms. The summed E-state index contributed by atoms with van der Waals surface area (Å²) in [6.45, 7) is 1.96. The molecule has 0 saturated heterocycles. The predicted molar refractivity (Wildman–Crippen MR) is 94.8 cm³/mol. The van der Waals surface area contributed by atoms with E-state index in [0.717, 1.165) is 5.56 Å². The number of nitrogens with one attached hydrogen (secondary N) is 1. The molecule has 1 unspecified atom stereocenters. The SMILES string of the molecule is CCOC(=O)NC(CC(=O)c1ccccc1Cl)c1ccc(Cl)cc1. The van der Waals surface area contributed by atoms with E-state index < -0.39 is 12.1 Å². The van der Waals surface area contributed by atoms with Crippen LogP contribution in [0.3, 0.4) is 0 Å². The number of amides is 1. The first kappa shape index (κ1) is 18.3. The number of halogens is 2. The predicted octanol–water partition coefficient (Wildman–Crippen LogP) is 5.05. The van der Waals surface area contributed by atoms with Crippen LogP contribution in [0.1, 0.15) is 35.3 Å². The molecule has 0 aliphatic rings. The summed E-state index contributed by atoms with van der Waals surface area (Å²) >= 11 is 12.0. The van der Waals surface area contributed by atoms with Crippen LogP contribution in [-0.4, -0.2) is 18.5 Å². The lowest BCUT2D eigenvalue weighted by atomic mass is 9.98. The normalized spacial score (nSPS) is 11.6. The van der Waals surface area contributed by atoms with Gasteiger partial charge in [0.05, 0.1) is 17.7 Å². The Labute approximate surface area is 150 Å². The van der Waals surface area contributed by atoms with Crippen LogP contribution in [0.2, 0.25) is 10.0 Å². The molecular weight excluding hydrogens is 349 g/mol. The van der Waals surface area contributed by atoms with Gasteiger partial charge in [-0.1, -0.05) is 47.5 Å². The van der Waals surface area contributed by atoms with Crippen LogP contribution in [0.4, 0.5) is 4.79 Å². The largest absolute Gasteiger partial charge is 0.450 e. The van der Waals surface area contributed by atoms with Crippen LogP contribution in [0.5, 0.6) is 0 Å². The van der Waals surface area contributed by atoms with Gasteiger partial charge in [0.15, 0.2) is 5.78 Å².